The quantitative estimate of drug-likeness (QED) is 0.839. The van der Waals surface area contributed by atoms with Crippen LogP contribution in [0.5, 0.6) is 0 Å². The van der Waals surface area contributed by atoms with Crippen molar-refractivity contribution in [1.29, 1.82) is 0 Å². The summed E-state index contributed by atoms with van der Waals surface area (Å²) >= 11 is 6.17. The molecule has 2 N–H and O–H groups in total. The molecule has 130 valence electrons. The fourth-order valence-electron chi connectivity index (χ4n) is 3.12. The van der Waals surface area contributed by atoms with Crippen LogP contribution in [0.3, 0.4) is 0 Å². The van der Waals surface area contributed by atoms with Gasteiger partial charge in [-0.3, -0.25) is 4.79 Å². The number of carbonyl (C=O) groups excluding carboxylic acids is 1. The maximum atomic E-state index is 12.8. The third kappa shape index (κ3) is 3.43. The van der Waals surface area contributed by atoms with Gasteiger partial charge in [0.25, 0.3) is 5.91 Å². The van der Waals surface area contributed by atoms with E-state index in [9.17, 15) is 4.79 Å². The van der Waals surface area contributed by atoms with Crippen molar-refractivity contribution in [3.8, 4) is 0 Å². The summed E-state index contributed by atoms with van der Waals surface area (Å²) in [5.41, 5.74) is 6.90. The molecule has 0 atom stereocenters. The zero-order valence-electron chi connectivity index (χ0n) is 13.9. The molecule has 1 aromatic carbocycles. The van der Waals surface area contributed by atoms with Crippen molar-refractivity contribution in [3.05, 3.63) is 34.5 Å². The number of ether oxygens (including phenoxy) is 1. The predicted octanol–water partition coefficient (Wildman–Crippen LogP) is 3.36. The Morgan fingerprint density at radius 1 is 1.42 bits per heavy atom. The number of carbonyl (C=O) groups is 1. The maximum absolute atomic E-state index is 12.8. The second kappa shape index (κ2) is 7.55. The van der Waals surface area contributed by atoms with Crippen LogP contribution < -0.4 is 5.73 Å². The van der Waals surface area contributed by atoms with Crippen LogP contribution in [0.4, 0.5) is 0 Å². The summed E-state index contributed by atoms with van der Waals surface area (Å²) in [5.74, 6) is 0.320. The first-order valence-electron chi connectivity index (χ1n) is 8.40. The number of piperidine rings is 1. The van der Waals surface area contributed by atoms with E-state index in [-0.39, 0.29) is 12.0 Å². The van der Waals surface area contributed by atoms with E-state index in [0.29, 0.717) is 42.6 Å². The van der Waals surface area contributed by atoms with Gasteiger partial charge in [0.05, 0.1) is 11.1 Å². The lowest BCUT2D eigenvalue weighted by Crippen LogP contribution is -2.41. The lowest BCUT2D eigenvalue weighted by molar-refractivity contribution is 0.00767. The summed E-state index contributed by atoms with van der Waals surface area (Å²) in [5, 5.41) is 1.42. The van der Waals surface area contributed by atoms with Gasteiger partial charge in [-0.1, -0.05) is 23.7 Å². The van der Waals surface area contributed by atoms with Crippen molar-refractivity contribution in [2.24, 2.45) is 5.73 Å². The molecule has 0 unspecified atom stereocenters. The number of amides is 1. The van der Waals surface area contributed by atoms with Crippen LogP contribution in [-0.2, 0) is 4.74 Å². The van der Waals surface area contributed by atoms with E-state index < -0.39 is 0 Å². The highest BCUT2D eigenvalue weighted by Crippen LogP contribution is 2.31. The summed E-state index contributed by atoms with van der Waals surface area (Å²) in [7, 11) is 0. The van der Waals surface area contributed by atoms with Gasteiger partial charge in [-0.25, -0.2) is 0 Å². The van der Waals surface area contributed by atoms with E-state index in [2.05, 4.69) is 0 Å². The highest BCUT2D eigenvalue weighted by atomic mass is 35.5. The number of hydrogen-bond donors (Lipinski definition) is 1. The number of para-hydroxylation sites is 1. The second-order valence-corrected chi connectivity index (χ2v) is 6.58. The van der Waals surface area contributed by atoms with E-state index in [1.807, 2.05) is 24.0 Å². The summed E-state index contributed by atoms with van der Waals surface area (Å²) in [6, 6.07) is 5.56. The van der Waals surface area contributed by atoms with Gasteiger partial charge in [0.15, 0.2) is 11.3 Å². The van der Waals surface area contributed by atoms with Crippen LogP contribution in [0.2, 0.25) is 5.02 Å². The van der Waals surface area contributed by atoms with E-state index in [0.717, 1.165) is 30.2 Å². The Labute approximate surface area is 146 Å². The second-order valence-electron chi connectivity index (χ2n) is 6.18. The SMILES string of the molecule is Cc1c(C(=O)N2CCC(OCCCN)CC2)oc2c(Cl)cccc12. The number of furan rings is 1. The van der Waals surface area contributed by atoms with Crippen LogP contribution in [-0.4, -0.2) is 43.2 Å². The highest BCUT2D eigenvalue weighted by molar-refractivity contribution is 6.35. The zero-order chi connectivity index (χ0) is 17.1. The molecule has 1 aromatic heterocycles. The van der Waals surface area contributed by atoms with Gasteiger partial charge < -0.3 is 19.8 Å². The summed E-state index contributed by atoms with van der Waals surface area (Å²) in [4.78, 5) is 14.6. The van der Waals surface area contributed by atoms with Crippen molar-refractivity contribution in [1.82, 2.24) is 4.90 Å². The molecule has 1 amide bonds. The largest absolute Gasteiger partial charge is 0.449 e. The van der Waals surface area contributed by atoms with Crippen molar-refractivity contribution >= 4 is 28.5 Å². The number of nitrogens with zero attached hydrogens (tertiary/aromatic N) is 1. The van der Waals surface area contributed by atoms with Gasteiger partial charge >= 0.3 is 0 Å². The lowest BCUT2D eigenvalue weighted by Gasteiger charge is -2.31. The Morgan fingerprint density at radius 2 is 2.17 bits per heavy atom. The summed E-state index contributed by atoms with van der Waals surface area (Å²) in [6.07, 6.45) is 2.77. The lowest BCUT2D eigenvalue weighted by atomic mass is 10.1. The molecule has 24 heavy (non-hydrogen) atoms. The van der Waals surface area contributed by atoms with E-state index in [1.165, 1.54) is 0 Å². The Balaban J connectivity index is 1.68. The van der Waals surface area contributed by atoms with Gasteiger partial charge in [-0.2, -0.15) is 0 Å². The molecular formula is C18H23ClN2O3. The number of halogens is 1. The first kappa shape index (κ1) is 17.3. The standard InChI is InChI=1S/C18H23ClN2O3/c1-12-14-4-2-5-15(19)17(14)24-16(12)18(22)21-9-6-13(7-10-21)23-11-3-8-20/h2,4-5,13H,3,6-11,20H2,1H3. The number of likely N-dealkylation sites (tertiary alicyclic amines) is 1. The molecule has 1 fully saturated rings. The molecule has 1 saturated heterocycles. The van der Waals surface area contributed by atoms with Crippen LogP contribution in [0.1, 0.15) is 35.4 Å². The Hall–Kier alpha value is -1.56. The smallest absolute Gasteiger partial charge is 0.289 e. The number of fused-ring (bicyclic) bond motifs is 1. The Kier molecular flexibility index (Phi) is 5.43. The van der Waals surface area contributed by atoms with Crippen LogP contribution in [0.25, 0.3) is 11.0 Å². The Bertz CT molecular complexity index is 720. The molecule has 6 heteroatoms. The molecule has 1 aliphatic rings. The predicted molar refractivity (Wildman–Crippen MR) is 94.5 cm³/mol. The van der Waals surface area contributed by atoms with Gasteiger partial charge in [0.1, 0.15) is 0 Å². The van der Waals surface area contributed by atoms with E-state index >= 15 is 0 Å². The first-order valence-corrected chi connectivity index (χ1v) is 8.78. The van der Waals surface area contributed by atoms with Crippen LogP contribution >= 0.6 is 11.6 Å². The average Bonchev–Trinajstić information content (AvgIpc) is 2.94. The molecule has 5 nitrogen and oxygen atoms in total. The fourth-order valence-corrected chi connectivity index (χ4v) is 3.33. The molecular weight excluding hydrogens is 328 g/mol. The maximum Gasteiger partial charge on any atom is 0.289 e. The molecule has 0 saturated carbocycles. The molecule has 0 bridgehead atoms. The Morgan fingerprint density at radius 3 is 2.83 bits per heavy atom. The molecule has 0 radical (unpaired) electrons. The third-order valence-corrected chi connectivity index (χ3v) is 4.84. The molecule has 1 aliphatic heterocycles. The van der Waals surface area contributed by atoms with Crippen molar-refractivity contribution in [3.63, 3.8) is 0 Å². The fraction of sp³-hybridized carbons (Fsp3) is 0.500. The van der Waals surface area contributed by atoms with Gasteiger partial charge in [0, 0.05) is 30.6 Å². The third-order valence-electron chi connectivity index (χ3n) is 4.54. The molecule has 0 aliphatic carbocycles. The van der Waals surface area contributed by atoms with E-state index in [4.69, 9.17) is 26.5 Å². The summed E-state index contributed by atoms with van der Waals surface area (Å²) in [6.45, 7) is 4.59. The van der Waals surface area contributed by atoms with E-state index in [1.54, 1.807) is 6.07 Å². The first-order chi connectivity index (χ1) is 11.6. The number of nitrogens with two attached hydrogens (primary N) is 1. The minimum Gasteiger partial charge on any atom is -0.449 e. The van der Waals surface area contributed by atoms with Gasteiger partial charge in [-0.15, -0.1) is 0 Å². The topological polar surface area (TPSA) is 68.7 Å². The van der Waals surface area contributed by atoms with Crippen LogP contribution in [0, 0.1) is 6.92 Å². The van der Waals surface area contributed by atoms with Gasteiger partial charge in [0.2, 0.25) is 0 Å². The average molecular weight is 351 g/mol. The van der Waals surface area contributed by atoms with Crippen molar-refractivity contribution in [2.75, 3.05) is 26.2 Å². The number of hydrogen-bond acceptors (Lipinski definition) is 4. The van der Waals surface area contributed by atoms with Crippen LogP contribution in [0.15, 0.2) is 22.6 Å². The minimum atomic E-state index is -0.0693. The number of rotatable bonds is 5. The number of benzene rings is 1. The molecule has 2 aromatic rings. The zero-order valence-corrected chi connectivity index (χ0v) is 14.6. The molecule has 2 heterocycles. The van der Waals surface area contributed by atoms with Crippen molar-refractivity contribution < 1.29 is 13.9 Å². The normalized spacial score (nSPS) is 16.0. The molecule has 0 spiro atoms. The van der Waals surface area contributed by atoms with Crippen molar-refractivity contribution in [2.45, 2.75) is 32.3 Å². The monoisotopic (exact) mass is 350 g/mol. The highest BCUT2D eigenvalue weighted by Gasteiger charge is 2.28. The molecule has 3 rings (SSSR count). The number of aryl methyl sites for hydroxylation is 1. The minimum absolute atomic E-state index is 0.0693. The van der Waals surface area contributed by atoms with Gasteiger partial charge in [-0.05, 0) is 38.8 Å². The summed E-state index contributed by atoms with van der Waals surface area (Å²) < 4.78 is 11.6.